The van der Waals surface area contributed by atoms with Crippen LogP contribution in [0.5, 0.6) is 0 Å². The molecule has 144 valence electrons. The van der Waals surface area contributed by atoms with Gasteiger partial charge in [-0.25, -0.2) is 14.0 Å². The zero-order valence-corrected chi connectivity index (χ0v) is 15.8. The molecule has 1 heterocycles. The van der Waals surface area contributed by atoms with E-state index in [0.29, 0.717) is 18.7 Å². The molecular formula is C19H27FN2O4. The number of benzene rings is 1. The van der Waals surface area contributed by atoms with Crippen molar-refractivity contribution in [2.75, 3.05) is 19.7 Å². The summed E-state index contributed by atoms with van der Waals surface area (Å²) in [7, 11) is 0. The highest BCUT2D eigenvalue weighted by Crippen LogP contribution is 2.18. The maximum absolute atomic E-state index is 14.3. The number of esters is 1. The lowest BCUT2D eigenvalue weighted by Crippen LogP contribution is -2.40. The molecule has 0 saturated carbocycles. The van der Waals surface area contributed by atoms with Crippen molar-refractivity contribution in [2.24, 2.45) is 0 Å². The van der Waals surface area contributed by atoms with E-state index in [1.54, 1.807) is 19.1 Å². The third-order valence-corrected chi connectivity index (χ3v) is 3.95. The molecule has 1 fully saturated rings. The minimum Gasteiger partial charge on any atom is -0.462 e. The summed E-state index contributed by atoms with van der Waals surface area (Å²) in [4.78, 5) is 25.5. The van der Waals surface area contributed by atoms with E-state index in [4.69, 9.17) is 9.47 Å². The van der Waals surface area contributed by atoms with Crippen LogP contribution < -0.4 is 5.32 Å². The van der Waals surface area contributed by atoms with Crippen LogP contribution in [-0.4, -0.2) is 48.3 Å². The van der Waals surface area contributed by atoms with Crippen LogP contribution in [-0.2, 0) is 16.0 Å². The monoisotopic (exact) mass is 366 g/mol. The van der Waals surface area contributed by atoms with Gasteiger partial charge in [0, 0.05) is 31.2 Å². The molecule has 0 bridgehead atoms. The molecule has 0 spiro atoms. The lowest BCUT2D eigenvalue weighted by Gasteiger charge is -2.22. The molecular weight excluding hydrogens is 339 g/mol. The molecule has 6 nitrogen and oxygen atoms in total. The molecule has 1 aliphatic rings. The van der Waals surface area contributed by atoms with Gasteiger partial charge in [0.1, 0.15) is 11.4 Å². The largest absolute Gasteiger partial charge is 0.462 e. The Morgan fingerprint density at radius 1 is 1.35 bits per heavy atom. The van der Waals surface area contributed by atoms with Crippen molar-refractivity contribution in [3.63, 3.8) is 0 Å². The number of nitrogens with one attached hydrogen (secondary N) is 1. The van der Waals surface area contributed by atoms with Gasteiger partial charge in [-0.1, -0.05) is 6.07 Å². The number of hydrogen-bond acceptors (Lipinski definition) is 5. The van der Waals surface area contributed by atoms with E-state index in [1.807, 2.05) is 20.8 Å². The van der Waals surface area contributed by atoms with Crippen LogP contribution in [0.3, 0.4) is 0 Å². The Morgan fingerprint density at radius 3 is 2.69 bits per heavy atom. The smallest absolute Gasteiger partial charge is 0.407 e. The number of amides is 1. The van der Waals surface area contributed by atoms with Crippen LogP contribution in [0.1, 0.15) is 50.0 Å². The summed E-state index contributed by atoms with van der Waals surface area (Å²) in [6, 6.07) is 4.37. The van der Waals surface area contributed by atoms with Crippen molar-refractivity contribution in [1.82, 2.24) is 10.2 Å². The highest BCUT2D eigenvalue weighted by Gasteiger charge is 2.26. The number of carbonyl (C=O) groups is 2. The van der Waals surface area contributed by atoms with E-state index in [9.17, 15) is 14.0 Å². The molecule has 1 unspecified atom stereocenters. The molecule has 1 atom stereocenters. The average molecular weight is 366 g/mol. The van der Waals surface area contributed by atoms with Gasteiger partial charge in [0.2, 0.25) is 0 Å². The van der Waals surface area contributed by atoms with Gasteiger partial charge in [0.25, 0.3) is 0 Å². The van der Waals surface area contributed by atoms with Crippen molar-refractivity contribution in [3.8, 4) is 0 Å². The van der Waals surface area contributed by atoms with Crippen molar-refractivity contribution in [2.45, 2.75) is 52.3 Å². The maximum Gasteiger partial charge on any atom is 0.407 e. The molecule has 0 radical (unpaired) electrons. The Bertz CT molecular complexity index is 657. The van der Waals surface area contributed by atoms with E-state index >= 15 is 0 Å². The zero-order chi connectivity index (χ0) is 19.3. The molecule has 7 heteroatoms. The number of rotatable bonds is 5. The maximum atomic E-state index is 14.3. The minimum atomic E-state index is -0.536. The second-order valence-corrected chi connectivity index (χ2v) is 7.39. The summed E-state index contributed by atoms with van der Waals surface area (Å²) in [6.07, 6.45) is 0.344. The number of hydrogen-bond donors (Lipinski definition) is 1. The van der Waals surface area contributed by atoms with Gasteiger partial charge in [0.15, 0.2) is 0 Å². The van der Waals surface area contributed by atoms with Crippen LogP contribution in [0.25, 0.3) is 0 Å². The van der Waals surface area contributed by atoms with Gasteiger partial charge in [-0.2, -0.15) is 0 Å². The fraction of sp³-hybridized carbons (Fsp3) is 0.579. The third-order valence-electron chi connectivity index (χ3n) is 3.95. The predicted octanol–water partition coefficient (Wildman–Crippen LogP) is 3.10. The van der Waals surface area contributed by atoms with Crippen molar-refractivity contribution in [3.05, 3.63) is 35.1 Å². The molecule has 0 aliphatic carbocycles. The quantitative estimate of drug-likeness (QED) is 0.811. The first kappa shape index (κ1) is 20.2. The van der Waals surface area contributed by atoms with Crippen molar-refractivity contribution >= 4 is 12.1 Å². The van der Waals surface area contributed by atoms with Gasteiger partial charge < -0.3 is 14.8 Å². The van der Waals surface area contributed by atoms with E-state index in [0.717, 1.165) is 13.0 Å². The molecule has 1 aromatic rings. The molecule has 1 amide bonds. The van der Waals surface area contributed by atoms with E-state index in [2.05, 4.69) is 10.2 Å². The molecule has 1 N–H and O–H groups in total. The molecule has 0 aromatic heterocycles. The van der Waals surface area contributed by atoms with Crippen molar-refractivity contribution < 1.29 is 23.5 Å². The fourth-order valence-electron chi connectivity index (χ4n) is 2.83. The number of carbonyl (C=O) groups excluding carboxylic acids is 2. The summed E-state index contributed by atoms with van der Waals surface area (Å²) >= 11 is 0. The van der Waals surface area contributed by atoms with Gasteiger partial charge in [-0.15, -0.1) is 0 Å². The number of likely N-dealkylation sites (tertiary alicyclic amines) is 1. The van der Waals surface area contributed by atoms with Crippen LogP contribution in [0.2, 0.25) is 0 Å². The third kappa shape index (κ3) is 5.98. The van der Waals surface area contributed by atoms with Crippen LogP contribution in [0.4, 0.5) is 9.18 Å². The van der Waals surface area contributed by atoms with E-state index in [1.165, 1.54) is 6.07 Å². The van der Waals surface area contributed by atoms with E-state index < -0.39 is 23.5 Å². The number of ether oxygens (including phenoxy) is 2. The SMILES string of the molecule is CCOC(=O)c1ccc(CN2CCC(NC(=O)OC(C)(C)C)C2)c(F)c1. The first-order valence-electron chi connectivity index (χ1n) is 8.85. The molecule has 2 rings (SSSR count). The highest BCUT2D eigenvalue weighted by molar-refractivity contribution is 5.89. The highest BCUT2D eigenvalue weighted by atomic mass is 19.1. The molecule has 1 aliphatic heterocycles. The van der Waals surface area contributed by atoms with Crippen molar-refractivity contribution in [1.29, 1.82) is 0 Å². The lowest BCUT2D eigenvalue weighted by atomic mass is 10.1. The first-order valence-corrected chi connectivity index (χ1v) is 8.85. The Morgan fingerprint density at radius 2 is 2.08 bits per heavy atom. The summed E-state index contributed by atoms with van der Waals surface area (Å²) in [6.45, 7) is 9.20. The summed E-state index contributed by atoms with van der Waals surface area (Å²) in [5, 5.41) is 2.85. The van der Waals surface area contributed by atoms with Gasteiger partial charge in [-0.05, 0) is 46.2 Å². The number of nitrogens with zero attached hydrogens (tertiary/aromatic N) is 1. The van der Waals surface area contributed by atoms with Gasteiger partial charge in [-0.3, -0.25) is 4.90 Å². The molecule has 1 aromatic carbocycles. The average Bonchev–Trinajstić information content (AvgIpc) is 2.94. The van der Waals surface area contributed by atoms with Gasteiger partial charge in [0.05, 0.1) is 12.2 Å². The fourth-order valence-corrected chi connectivity index (χ4v) is 2.83. The predicted molar refractivity (Wildman–Crippen MR) is 95.4 cm³/mol. The second-order valence-electron chi connectivity index (χ2n) is 7.39. The topological polar surface area (TPSA) is 67.9 Å². The van der Waals surface area contributed by atoms with Crippen LogP contribution in [0, 0.1) is 5.82 Å². The van der Waals surface area contributed by atoms with Gasteiger partial charge >= 0.3 is 12.1 Å². The lowest BCUT2D eigenvalue weighted by molar-refractivity contribution is 0.0501. The Balaban J connectivity index is 1.88. The second kappa shape index (κ2) is 8.49. The number of alkyl carbamates (subject to hydrolysis) is 1. The Kier molecular flexibility index (Phi) is 6.58. The first-order chi connectivity index (χ1) is 12.2. The number of halogens is 1. The zero-order valence-electron chi connectivity index (χ0n) is 15.8. The summed E-state index contributed by atoms with van der Waals surface area (Å²) in [5.41, 5.74) is 0.182. The van der Waals surface area contributed by atoms with Crippen LogP contribution in [0.15, 0.2) is 18.2 Å². The molecule has 1 saturated heterocycles. The minimum absolute atomic E-state index is 0.0216. The Hall–Kier alpha value is -2.15. The summed E-state index contributed by atoms with van der Waals surface area (Å²) < 4.78 is 24.4. The molecule has 26 heavy (non-hydrogen) atoms. The van der Waals surface area contributed by atoms with Crippen LogP contribution >= 0.6 is 0 Å². The summed E-state index contributed by atoms with van der Waals surface area (Å²) in [5.74, 6) is -0.958. The standard InChI is InChI=1S/C19H27FN2O4/c1-5-25-17(23)13-6-7-14(16(20)10-13)11-22-9-8-15(12-22)21-18(24)26-19(2,3)4/h6-7,10,15H,5,8-9,11-12H2,1-4H3,(H,21,24). The normalized spacial score (nSPS) is 17.8. The Labute approximate surface area is 153 Å². The van der Waals surface area contributed by atoms with E-state index in [-0.39, 0.29) is 18.2 Å².